The molecule has 6 heteroatoms. The van der Waals surface area contributed by atoms with Crippen LogP contribution in [-0.4, -0.2) is 49.5 Å². The lowest BCUT2D eigenvalue weighted by molar-refractivity contribution is -0.125. The predicted octanol–water partition coefficient (Wildman–Crippen LogP) is 1.27. The Labute approximate surface area is 108 Å². The van der Waals surface area contributed by atoms with Gasteiger partial charge in [-0.15, -0.1) is 0 Å². The number of amides is 1. The summed E-state index contributed by atoms with van der Waals surface area (Å²) in [6.45, 7) is 5.38. The highest BCUT2D eigenvalue weighted by atomic mass is 16.6. The Morgan fingerprint density at radius 3 is 2.22 bits per heavy atom. The van der Waals surface area contributed by atoms with Crippen molar-refractivity contribution in [3.63, 3.8) is 0 Å². The second kappa shape index (κ2) is 6.98. The summed E-state index contributed by atoms with van der Waals surface area (Å²) in [4.78, 5) is 23.4. The number of nitrogens with zero attached hydrogens (tertiary/aromatic N) is 3. The maximum atomic E-state index is 12.3. The van der Waals surface area contributed by atoms with Crippen LogP contribution in [0.1, 0.15) is 26.7 Å². The third kappa shape index (κ3) is 3.72. The molecule has 0 bridgehead atoms. The van der Waals surface area contributed by atoms with E-state index in [4.69, 9.17) is 4.84 Å². The van der Waals surface area contributed by atoms with Crippen LogP contribution in [-0.2, 0) is 14.5 Å². The van der Waals surface area contributed by atoms with E-state index in [0.29, 0.717) is 11.6 Å². The number of rotatable bonds is 4. The summed E-state index contributed by atoms with van der Waals surface area (Å²) in [5, 5.41) is 7.48. The molecular formula is C12H21N3O3. The standard InChI is InChI=1S/C12H21N3O3/c1-9-5-7-15(8-6-9)12(16)11(14-18-4)10(2)13-17-3/h9H,5-8H2,1-4H3. The summed E-state index contributed by atoms with van der Waals surface area (Å²) in [7, 11) is 2.84. The van der Waals surface area contributed by atoms with Gasteiger partial charge in [0, 0.05) is 13.1 Å². The molecule has 0 spiro atoms. The van der Waals surface area contributed by atoms with Gasteiger partial charge in [-0.25, -0.2) is 0 Å². The van der Waals surface area contributed by atoms with Gasteiger partial charge in [0.15, 0.2) is 5.71 Å². The van der Waals surface area contributed by atoms with Crippen LogP contribution in [0.2, 0.25) is 0 Å². The van der Waals surface area contributed by atoms with E-state index in [0.717, 1.165) is 25.9 Å². The van der Waals surface area contributed by atoms with Gasteiger partial charge < -0.3 is 14.6 Å². The Morgan fingerprint density at radius 2 is 1.72 bits per heavy atom. The second-order valence-electron chi connectivity index (χ2n) is 4.46. The molecule has 0 N–H and O–H groups in total. The van der Waals surface area contributed by atoms with Gasteiger partial charge in [-0.2, -0.15) is 0 Å². The number of carbonyl (C=O) groups is 1. The molecule has 1 aliphatic rings. The van der Waals surface area contributed by atoms with Crippen LogP contribution in [0.25, 0.3) is 0 Å². The Balaban J connectivity index is 2.78. The lowest BCUT2D eigenvalue weighted by Crippen LogP contribution is -2.43. The molecule has 0 aromatic rings. The first-order chi connectivity index (χ1) is 8.60. The molecule has 1 heterocycles. The predicted molar refractivity (Wildman–Crippen MR) is 69.5 cm³/mol. The minimum atomic E-state index is -0.151. The van der Waals surface area contributed by atoms with Crippen LogP contribution in [0.15, 0.2) is 10.3 Å². The zero-order chi connectivity index (χ0) is 13.5. The van der Waals surface area contributed by atoms with E-state index in [1.807, 2.05) is 0 Å². The van der Waals surface area contributed by atoms with Crippen molar-refractivity contribution in [3.8, 4) is 0 Å². The van der Waals surface area contributed by atoms with Crippen molar-refractivity contribution in [1.29, 1.82) is 0 Å². The molecule has 6 nitrogen and oxygen atoms in total. The van der Waals surface area contributed by atoms with Crippen LogP contribution in [0.5, 0.6) is 0 Å². The van der Waals surface area contributed by atoms with E-state index in [-0.39, 0.29) is 11.6 Å². The lowest BCUT2D eigenvalue weighted by Gasteiger charge is -2.30. The molecular weight excluding hydrogens is 234 g/mol. The summed E-state index contributed by atoms with van der Waals surface area (Å²) in [6.07, 6.45) is 2.04. The minimum absolute atomic E-state index is 0.151. The van der Waals surface area contributed by atoms with Crippen molar-refractivity contribution < 1.29 is 14.5 Å². The van der Waals surface area contributed by atoms with Crippen LogP contribution in [0, 0.1) is 5.92 Å². The van der Waals surface area contributed by atoms with E-state index in [1.165, 1.54) is 14.2 Å². The van der Waals surface area contributed by atoms with Gasteiger partial charge >= 0.3 is 0 Å². The smallest absolute Gasteiger partial charge is 0.277 e. The van der Waals surface area contributed by atoms with Crippen LogP contribution >= 0.6 is 0 Å². The topological polar surface area (TPSA) is 63.5 Å². The second-order valence-corrected chi connectivity index (χ2v) is 4.46. The van der Waals surface area contributed by atoms with E-state index in [2.05, 4.69) is 22.1 Å². The summed E-state index contributed by atoms with van der Waals surface area (Å²) >= 11 is 0. The first-order valence-electron chi connectivity index (χ1n) is 6.08. The molecule has 0 aromatic carbocycles. The summed E-state index contributed by atoms with van der Waals surface area (Å²) < 4.78 is 0. The monoisotopic (exact) mass is 255 g/mol. The van der Waals surface area contributed by atoms with Crippen molar-refractivity contribution in [2.24, 2.45) is 16.2 Å². The molecule has 18 heavy (non-hydrogen) atoms. The number of oxime groups is 2. The number of hydrogen-bond donors (Lipinski definition) is 0. The molecule has 0 unspecified atom stereocenters. The normalized spacial score (nSPS) is 18.8. The summed E-state index contributed by atoms with van der Waals surface area (Å²) in [5.74, 6) is 0.521. The highest BCUT2D eigenvalue weighted by Gasteiger charge is 2.26. The zero-order valence-electron chi connectivity index (χ0n) is 11.5. The molecule has 0 aromatic heterocycles. The Bertz CT molecular complexity index is 344. The van der Waals surface area contributed by atoms with Crippen molar-refractivity contribution in [2.45, 2.75) is 26.7 Å². The van der Waals surface area contributed by atoms with Crippen molar-refractivity contribution in [2.75, 3.05) is 27.3 Å². The van der Waals surface area contributed by atoms with Gasteiger partial charge in [-0.1, -0.05) is 17.2 Å². The van der Waals surface area contributed by atoms with Crippen LogP contribution < -0.4 is 0 Å². The first-order valence-corrected chi connectivity index (χ1v) is 6.08. The van der Waals surface area contributed by atoms with E-state index >= 15 is 0 Å². The molecule has 1 amide bonds. The zero-order valence-corrected chi connectivity index (χ0v) is 11.5. The molecule has 0 radical (unpaired) electrons. The third-order valence-corrected chi connectivity index (χ3v) is 3.03. The van der Waals surface area contributed by atoms with Crippen molar-refractivity contribution in [1.82, 2.24) is 4.90 Å². The molecule has 1 rings (SSSR count). The molecule has 1 aliphatic heterocycles. The Hall–Kier alpha value is -1.59. The largest absolute Gasteiger partial charge is 0.399 e. The van der Waals surface area contributed by atoms with Crippen molar-refractivity contribution >= 4 is 17.3 Å². The SMILES string of the molecule is CON=C(C)C(=NOC)C(=O)N1CCC(C)CC1. The van der Waals surface area contributed by atoms with E-state index < -0.39 is 0 Å². The first kappa shape index (κ1) is 14.5. The molecule has 1 fully saturated rings. The van der Waals surface area contributed by atoms with Crippen LogP contribution in [0.3, 0.4) is 0 Å². The van der Waals surface area contributed by atoms with Gasteiger partial charge in [0.2, 0.25) is 0 Å². The maximum absolute atomic E-state index is 12.3. The fourth-order valence-electron chi connectivity index (χ4n) is 1.89. The highest BCUT2D eigenvalue weighted by Crippen LogP contribution is 2.16. The highest BCUT2D eigenvalue weighted by molar-refractivity contribution is 6.66. The number of piperidine rings is 1. The molecule has 1 saturated heterocycles. The van der Waals surface area contributed by atoms with E-state index in [9.17, 15) is 4.79 Å². The number of likely N-dealkylation sites (tertiary alicyclic amines) is 1. The van der Waals surface area contributed by atoms with E-state index in [1.54, 1.807) is 11.8 Å². The van der Waals surface area contributed by atoms with Crippen LogP contribution in [0.4, 0.5) is 0 Å². The third-order valence-electron chi connectivity index (χ3n) is 3.03. The molecule has 0 saturated carbocycles. The molecule has 0 aliphatic carbocycles. The van der Waals surface area contributed by atoms with Gasteiger partial charge in [0.1, 0.15) is 19.9 Å². The molecule has 102 valence electrons. The van der Waals surface area contributed by atoms with Gasteiger partial charge in [0.25, 0.3) is 5.91 Å². The van der Waals surface area contributed by atoms with Crippen molar-refractivity contribution in [3.05, 3.63) is 0 Å². The average molecular weight is 255 g/mol. The summed E-state index contributed by atoms with van der Waals surface area (Å²) in [5.41, 5.74) is 0.622. The Kier molecular flexibility index (Phi) is 5.61. The Morgan fingerprint density at radius 1 is 1.17 bits per heavy atom. The minimum Gasteiger partial charge on any atom is -0.399 e. The fourth-order valence-corrected chi connectivity index (χ4v) is 1.89. The lowest BCUT2D eigenvalue weighted by atomic mass is 9.99. The fraction of sp³-hybridized carbons (Fsp3) is 0.750. The van der Waals surface area contributed by atoms with Gasteiger partial charge in [-0.05, 0) is 25.7 Å². The number of carbonyl (C=O) groups excluding carboxylic acids is 1. The molecule has 0 atom stereocenters. The average Bonchev–Trinajstić information content (AvgIpc) is 2.36. The van der Waals surface area contributed by atoms with Gasteiger partial charge in [0.05, 0.1) is 0 Å². The maximum Gasteiger partial charge on any atom is 0.277 e. The van der Waals surface area contributed by atoms with Gasteiger partial charge in [-0.3, -0.25) is 4.79 Å². The quantitative estimate of drug-likeness (QED) is 0.561. The summed E-state index contributed by atoms with van der Waals surface area (Å²) in [6, 6.07) is 0. The number of hydrogen-bond acceptors (Lipinski definition) is 5.